The van der Waals surface area contributed by atoms with Gasteiger partial charge in [0.1, 0.15) is 5.75 Å². The Morgan fingerprint density at radius 1 is 0.800 bits per heavy atom. The van der Waals surface area contributed by atoms with Gasteiger partial charge in [0.2, 0.25) is 5.75 Å². The van der Waals surface area contributed by atoms with Gasteiger partial charge in [0.15, 0.2) is 11.5 Å². The normalized spacial score (nSPS) is 10.2. The molecule has 1 N–H and O–H groups in total. The lowest BCUT2D eigenvalue weighted by Crippen LogP contribution is -2.14. The largest absolute Gasteiger partial charge is 0.495 e. The van der Waals surface area contributed by atoms with Crippen molar-refractivity contribution in [2.24, 2.45) is 0 Å². The van der Waals surface area contributed by atoms with E-state index < -0.39 is 0 Å². The Labute approximate surface area is 147 Å². The lowest BCUT2D eigenvalue weighted by Gasteiger charge is -2.16. The van der Waals surface area contributed by atoms with Crippen LogP contribution in [-0.2, 0) is 0 Å². The topological polar surface area (TPSA) is 66.0 Å². The number of methoxy groups -OCH3 is 4. The Bertz CT molecular complexity index is 761. The van der Waals surface area contributed by atoms with Crippen LogP contribution in [0.2, 0.25) is 0 Å². The molecule has 2 aromatic carbocycles. The number of hydrogen-bond acceptors (Lipinski definition) is 5. The molecule has 0 aliphatic carbocycles. The summed E-state index contributed by atoms with van der Waals surface area (Å²) < 4.78 is 21.3. The van der Waals surface area contributed by atoms with Crippen LogP contribution in [-0.4, -0.2) is 34.3 Å². The number of rotatable bonds is 6. The molecule has 6 heteroatoms. The molecule has 0 fully saturated rings. The molecule has 2 aromatic rings. The highest BCUT2D eigenvalue weighted by Gasteiger charge is 2.19. The average molecular weight is 345 g/mol. The summed E-state index contributed by atoms with van der Waals surface area (Å²) in [5.41, 5.74) is 2.99. The zero-order chi connectivity index (χ0) is 18.6. The third-order valence-corrected chi connectivity index (χ3v) is 3.83. The second-order valence-electron chi connectivity index (χ2n) is 5.53. The number of anilines is 1. The highest BCUT2D eigenvalue weighted by Crippen LogP contribution is 2.38. The summed E-state index contributed by atoms with van der Waals surface area (Å²) in [6.45, 7) is 3.89. The van der Waals surface area contributed by atoms with Crippen molar-refractivity contribution in [3.8, 4) is 23.0 Å². The average Bonchev–Trinajstić information content (AvgIpc) is 2.61. The molecule has 0 aliphatic rings. The number of carbonyl (C=O) groups is 1. The first-order chi connectivity index (χ1) is 11.9. The van der Waals surface area contributed by atoms with Crippen molar-refractivity contribution in [2.45, 2.75) is 13.8 Å². The molecule has 0 radical (unpaired) electrons. The number of benzene rings is 2. The Hall–Kier alpha value is -2.89. The van der Waals surface area contributed by atoms with Gasteiger partial charge in [-0.3, -0.25) is 4.79 Å². The Kier molecular flexibility index (Phi) is 5.75. The van der Waals surface area contributed by atoms with Crippen LogP contribution in [0.1, 0.15) is 21.5 Å². The first-order valence-electron chi connectivity index (χ1n) is 7.71. The zero-order valence-electron chi connectivity index (χ0n) is 15.4. The van der Waals surface area contributed by atoms with Crippen LogP contribution in [0.15, 0.2) is 24.3 Å². The monoisotopic (exact) mass is 345 g/mol. The minimum Gasteiger partial charge on any atom is -0.495 e. The smallest absolute Gasteiger partial charge is 0.256 e. The first kappa shape index (κ1) is 18.4. The Morgan fingerprint density at radius 3 is 1.84 bits per heavy atom. The van der Waals surface area contributed by atoms with E-state index in [4.69, 9.17) is 18.9 Å². The van der Waals surface area contributed by atoms with Crippen LogP contribution in [0.25, 0.3) is 0 Å². The van der Waals surface area contributed by atoms with Gasteiger partial charge in [-0.2, -0.15) is 0 Å². The summed E-state index contributed by atoms with van der Waals surface area (Å²) in [4.78, 5) is 12.7. The second kappa shape index (κ2) is 7.79. The van der Waals surface area contributed by atoms with E-state index in [1.54, 1.807) is 19.2 Å². The standard InChI is InChI=1S/C19H23NO5/c1-11-7-12(2)17(14(8-11)22-3)20-19(21)13-9-15(23-4)18(25-6)16(10-13)24-5/h7-10H,1-6H3,(H,20,21). The van der Waals surface area contributed by atoms with Crippen LogP contribution < -0.4 is 24.3 Å². The summed E-state index contributed by atoms with van der Waals surface area (Å²) in [7, 11) is 6.10. The van der Waals surface area contributed by atoms with Gasteiger partial charge in [0.25, 0.3) is 5.91 Å². The van der Waals surface area contributed by atoms with Crippen LogP contribution in [0.3, 0.4) is 0 Å². The van der Waals surface area contributed by atoms with E-state index in [0.29, 0.717) is 34.2 Å². The number of hydrogen-bond donors (Lipinski definition) is 1. The molecule has 6 nitrogen and oxygen atoms in total. The highest BCUT2D eigenvalue weighted by atomic mass is 16.5. The quantitative estimate of drug-likeness (QED) is 0.867. The molecular weight excluding hydrogens is 322 g/mol. The van der Waals surface area contributed by atoms with Crippen molar-refractivity contribution in [1.29, 1.82) is 0 Å². The first-order valence-corrected chi connectivity index (χ1v) is 7.71. The van der Waals surface area contributed by atoms with Gasteiger partial charge in [0, 0.05) is 5.56 Å². The maximum atomic E-state index is 12.7. The third kappa shape index (κ3) is 3.79. The van der Waals surface area contributed by atoms with Gasteiger partial charge in [-0.1, -0.05) is 6.07 Å². The molecule has 1 amide bonds. The zero-order valence-corrected chi connectivity index (χ0v) is 15.4. The molecule has 0 aromatic heterocycles. The van der Waals surface area contributed by atoms with Crippen LogP contribution in [0.4, 0.5) is 5.69 Å². The summed E-state index contributed by atoms with van der Waals surface area (Å²) in [6, 6.07) is 7.06. The number of ether oxygens (including phenoxy) is 4. The Morgan fingerprint density at radius 2 is 1.36 bits per heavy atom. The molecule has 134 valence electrons. The van der Waals surface area contributed by atoms with Gasteiger partial charge >= 0.3 is 0 Å². The fourth-order valence-corrected chi connectivity index (χ4v) is 2.65. The maximum absolute atomic E-state index is 12.7. The van der Waals surface area contributed by atoms with Gasteiger partial charge < -0.3 is 24.3 Å². The molecular formula is C19H23NO5. The molecule has 0 saturated heterocycles. The SMILES string of the molecule is COc1cc(C)cc(C)c1NC(=O)c1cc(OC)c(OC)c(OC)c1. The van der Waals surface area contributed by atoms with E-state index in [0.717, 1.165) is 11.1 Å². The van der Waals surface area contributed by atoms with Crippen molar-refractivity contribution >= 4 is 11.6 Å². The number of nitrogens with one attached hydrogen (secondary N) is 1. The lowest BCUT2D eigenvalue weighted by atomic mass is 10.1. The molecule has 0 heterocycles. The van der Waals surface area contributed by atoms with Gasteiger partial charge in [0.05, 0.1) is 34.1 Å². The molecule has 2 rings (SSSR count). The summed E-state index contributed by atoms with van der Waals surface area (Å²) in [5, 5.41) is 2.90. The molecule has 0 bridgehead atoms. The van der Waals surface area contributed by atoms with E-state index in [1.165, 1.54) is 21.3 Å². The van der Waals surface area contributed by atoms with E-state index >= 15 is 0 Å². The molecule has 0 aliphatic heterocycles. The van der Waals surface area contributed by atoms with Gasteiger partial charge in [-0.25, -0.2) is 0 Å². The van der Waals surface area contributed by atoms with E-state index in [9.17, 15) is 4.79 Å². The van der Waals surface area contributed by atoms with Crippen molar-refractivity contribution in [3.05, 3.63) is 41.0 Å². The molecule has 0 atom stereocenters. The Balaban J connectivity index is 2.43. The van der Waals surface area contributed by atoms with Crippen molar-refractivity contribution < 1.29 is 23.7 Å². The van der Waals surface area contributed by atoms with Crippen LogP contribution in [0, 0.1) is 13.8 Å². The molecule has 0 saturated carbocycles. The van der Waals surface area contributed by atoms with Gasteiger partial charge in [-0.05, 0) is 43.2 Å². The minimum absolute atomic E-state index is 0.301. The van der Waals surface area contributed by atoms with Crippen molar-refractivity contribution in [1.82, 2.24) is 0 Å². The fraction of sp³-hybridized carbons (Fsp3) is 0.316. The third-order valence-electron chi connectivity index (χ3n) is 3.83. The number of aryl methyl sites for hydroxylation is 2. The summed E-state index contributed by atoms with van der Waals surface area (Å²) in [6.07, 6.45) is 0. The van der Waals surface area contributed by atoms with Crippen LogP contribution >= 0.6 is 0 Å². The minimum atomic E-state index is -0.301. The predicted molar refractivity (Wildman–Crippen MR) is 96.5 cm³/mol. The van der Waals surface area contributed by atoms with Crippen molar-refractivity contribution in [2.75, 3.05) is 33.8 Å². The second-order valence-corrected chi connectivity index (χ2v) is 5.53. The molecule has 0 unspecified atom stereocenters. The summed E-state index contributed by atoms with van der Waals surface area (Å²) >= 11 is 0. The number of amides is 1. The maximum Gasteiger partial charge on any atom is 0.256 e. The van der Waals surface area contributed by atoms with E-state index in [-0.39, 0.29) is 5.91 Å². The predicted octanol–water partition coefficient (Wildman–Crippen LogP) is 3.59. The number of carbonyl (C=O) groups excluding carboxylic acids is 1. The van der Waals surface area contributed by atoms with E-state index in [1.807, 2.05) is 26.0 Å². The van der Waals surface area contributed by atoms with Crippen LogP contribution in [0.5, 0.6) is 23.0 Å². The van der Waals surface area contributed by atoms with Crippen molar-refractivity contribution in [3.63, 3.8) is 0 Å². The highest BCUT2D eigenvalue weighted by molar-refractivity contribution is 6.06. The summed E-state index contributed by atoms with van der Waals surface area (Å²) in [5.74, 6) is 1.58. The lowest BCUT2D eigenvalue weighted by molar-refractivity contribution is 0.102. The fourth-order valence-electron chi connectivity index (χ4n) is 2.65. The molecule has 0 spiro atoms. The van der Waals surface area contributed by atoms with E-state index in [2.05, 4.69) is 5.32 Å². The molecule has 25 heavy (non-hydrogen) atoms. The van der Waals surface area contributed by atoms with Gasteiger partial charge in [-0.15, -0.1) is 0 Å².